The SMILES string of the molecule is CCN1CCC(N(C)C2Cc3ccccc3C2N)CC1. The van der Waals surface area contributed by atoms with Crippen molar-refractivity contribution in [2.75, 3.05) is 26.7 Å². The van der Waals surface area contributed by atoms with Crippen LogP contribution in [0.3, 0.4) is 0 Å². The van der Waals surface area contributed by atoms with Crippen LogP contribution < -0.4 is 5.73 Å². The molecule has 3 rings (SSSR count). The van der Waals surface area contributed by atoms with Gasteiger partial charge in [0.25, 0.3) is 0 Å². The maximum Gasteiger partial charge on any atom is 0.0459 e. The second kappa shape index (κ2) is 5.84. The average Bonchev–Trinajstić information content (AvgIpc) is 2.84. The van der Waals surface area contributed by atoms with Crippen LogP contribution in [0, 0.1) is 0 Å². The smallest absolute Gasteiger partial charge is 0.0459 e. The molecular formula is C17H27N3. The van der Waals surface area contributed by atoms with Gasteiger partial charge in [-0.1, -0.05) is 31.2 Å². The van der Waals surface area contributed by atoms with Crippen LogP contribution in [0.1, 0.15) is 36.9 Å². The summed E-state index contributed by atoms with van der Waals surface area (Å²) in [6, 6.07) is 10.0. The molecule has 3 nitrogen and oxygen atoms in total. The molecule has 3 heteroatoms. The van der Waals surface area contributed by atoms with Gasteiger partial charge in [-0.25, -0.2) is 0 Å². The van der Waals surface area contributed by atoms with Crippen molar-refractivity contribution in [3.8, 4) is 0 Å². The van der Waals surface area contributed by atoms with Crippen molar-refractivity contribution in [1.82, 2.24) is 9.80 Å². The van der Waals surface area contributed by atoms with Crippen LogP contribution in [0.15, 0.2) is 24.3 Å². The van der Waals surface area contributed by atoms with Gasteiger partial charge in [0.15, 0.2) is 0 Å². The Bertz CT molecular complexity index is 451. The third-order valence-electron chi connectivity index (χ3n) is 5.36. The van der Waals surface area contributed by atoms with Crippen LogP contribution in [0.25, 0.3) is 0 Å². The summed E-state index contributed by atoms with van der Waals surface area (Å²) in [4.78, 5) is 5.12. The molecule has 1 heterocycles. The Labute approximate surface area is 122 Å². The fourth-order valence-electron chi connectivity index (χ4n) is 3.92. The van der Waals surface area contributed by atoms with Crippen LogP contribution in [0.4, 0.5) is 0 Å². The summed E-state index contributed by atoms with van der Waals surface area (Å²) >= 11 is 0. The lowest BCUT2D eigenvalue weighted by Gasteiger charge is -2.40. The fourth-order valence-corrected chi connectivity index (χ4v) is 3.92. The van der Waals surface area contributed by atoms with Gasteiger partial charge in [0.2, 0.25) is 0 Å². The molecule has 2 atom stereocenters. The molecular weight excluding hydrogens is 246 g/mol. The number of piperidine rings is 1. The number of hydrogen-bond acceptors (Lipinski definition) is 3. The lowest BCUT2D eigenvalue weighted by Crippen LogP contribution is -2.49. The molecule has 0 saturated carbocycles. The van der Waals surface area contributed by atoms with Gasteiger partial charge in [-0.3, -0.25) is 4.90 Å². The summed E-state index contributed by atoms with van der Waals surface area (Å²) in [5, 5.41) is 0. The first-order valence-electron chi connectivity index (χ1n) is 7.98. The predicted octanol–water partition coefficient (Wildman–Crippen LogP) is 2.03. The zero-order chi connectivity index (χ0) is 14.1. The third-order valence-corrected chi connectivity index (χ3v) is 5.36. The van der Waals surface area contributed by atoms with Crippen molar-refractivity contribution < 1.29 is 0 Å². The molecule has 0 amide bonds. The second-order valence-corrected chi connectivity index (χ2v) is 6.33. The van der Waals surface area contributed by atoms with E-state index >= 15 is 0 Å². The maximum absolute atomic E-state index is 6.50. The van der Waals surface area contributed by atoms with Gasteiger partial charge in [0, 0.05) is 18.1 Å². The van der Waals surface area contributed by atoms with E-state index in [0.717, 1.165) is 6.42 Å². The highest BCUT2D eigenvalue weighted by molar-refractivity contribution is 5.36. The van der Waals surface area contributed by atoms with Gasteiger partial charge in [0.05, 0.1) is 0 Å². The summed E-state index contributed by atoms with van der Waals surface area (Å²) in [6.07, 6.45) is 3.68. The standard InChI is InChI=1S/C17H27N3/c1-3-20-10-8-14(9-11-20)19(2)16-12-13-6-4-5-7-15(13)17(16)18/h4-7,14,16-17H,3,8-12,18H2,1-2H3. The molecule has 1 fully saturated rings. The van der Waals surface area contributed by atoms with Gasteiger partial charge in [-0.15, -0.1) is 0 Å². The van der Waals surface area contributed by atoms with E-state index in [1.54, 1.807) is 0 Å². The molecule has 110 valence electrons. The minimum atomic E-state index is 0.181. The van der Waals surface area contributed by atoms with E-state index in [2.05, 4.69) is 48.0 Å². The van der Waals surface area contributed by atoms with E-state index in [1.165, 1.54) is 43.6 Å². The molecule has 2 aliphatic rings. The quantitative estimate of drug-likeness (QED) is 0.914. The van der Waals surface area contributed by atoms with E-state index in [1.807, 2.05) is 0 Å². The lowest BCUT2D eigenvalue weighted by molar-refractivity contribution is 0.0921. The second-order valence-electron chi connectivity index (χ2n) is 6.33. The molecule has 0 radical (unpaired) electrons. The Kier molecular flexibility index (Phi) is 4.11. The normalized spacial score (nSPS) is 28.0. The molecule has 1 aliphatic carbocycles. The summed E-state index contributed by atoms with van der Waals surface area (Å²) in [5.74, 6) is 0. The van der Waals surface area contributed by atoms with Crippen LogP contribution in [0.2, 0.25) is 0 Å². The van der Waals surface area contributed by atoms with Gasteiger partial charge < -0.3 is 10.6 Å². The number of hydrogen-bond donors (Lipinski definition) is 1. The Hall–Kier alpha value is -0.900. The minimum absolute atomic E-state index is 0.181. The number of nitrogens with zero attached hydrogens (tertiary/aromatic N) is 2. The van der Waals surface area contributed by atoms with Crippen LogP contribution in [-0.2, 0) is 6.42 Å². The summed E-state index contributed by atoms with van der Waals surface area (Å²) < 4.78 is 0. The summed E-state index contributed by atoms with van der Waals surface area (Å²) in [7, 11) is 2.28. The molecule has 2 N–H and O–H groups in total. The Morgan fingerprint density at radius 2 is 1.95 bits per heavy atom. The first-order chi connectivity index (χ1) is 9.70. The summed E-state index contributed by atoms with van der Waals surface area (Å²) in [5.41, 5.74) is 9.30. The van der Waals surface area contributed by atoms with Crippen molar-refractivity contribution in [2.24, 2.45) is 5.73 Å². The van der Waals surface area contributed by atoms with E-state index in [4.69, 9.17) is 5.73 Å². The number of fused-ring (bicyclic) bond motifs is 1. The van der Waals surface area contributed by atoms with Gasteiger partial charge in [-0.05, 0) is 57.1 Å². The van der Waals surface area contributed by atoms with Crippen molar-refractivity contribution in [2.45, 2.75) is 44.3 Å². The molecule has 0 spiro atoms. The first-order valence-corrected chi connectivity index (χ1v) is 7.98. The van der Waals surface area contributed by atoms with Crippen molar-refractivity contribution in [3.63, 3.8) is 0 Å². The summed E-state index contributed by atoms with van der Waals surface area (Å²) in [6.45, 7) is 5.92. The zero-order valence-corrected chi connectivity index (χ0v) is 12.8. The minimum Gasteiger partial charge on any atom is -0.323 e. The van der Waals surface area contributed by atoms with Crippen LogP contribution >= 0.6 is 0 Å². The van der Waals surface area contributed by atoms with E-state index < -0.39 is 0 Å². The average molecular weight is 273 g/mol. The fraction of sp³-hybridized carbons (Fsp3) is 0.647. The number of nitrogens with two attached hydrogens (primary N) is 1. The molecule has 1 saturated heterocycles. The molecule has 1 aromatic carbocycles. The molecule has 1 aliphatic heterocycles. The van der Waals surface area contributed by atoms with E-state index in [-0.39, 0.29) is 6.04 Å². The topological polar surface area (TPSA) is 32.5 Å². The Morgan fingerprint density at radius 3 is 2.60 bits per heavy atom. The van der Waals surface area contributed by atoms with Gasteiger partial charge in [0.1, 0.15) is 0 Å². The molecule has 0 aromatic heterocycles. The molecule has 2 unspecified atom stereocenters. The highest BCUT2D eigenvalue weighted by Gasteiger charge is 2.35. The van der Waals surface area contributed by atoms with Crippen molar-refractivity contribution in [1.29, 1.82) is 0 Å². The monoisotopic (exact) mass is 273 g/mol. The van der Waals surface area contributed by atoms with Crippen molar-refractivity contribution >= 4 is 0 Å². The number of rotatable bonds is 3. The van der Waals surface area contributed by atoms with Crippen LogP contribution in [0.5, 0.6) is 0 Å². The zero-order valence-electron chi connectivity index (χ0n) is 12.8. The van der Waals surface area contributed by atoms with Gasteiger partial charge >= 0.3 is 0 Å². The largest absolute Gasteiger partial charge is 0.323 e. The maximum atomic E-state index is 6.50. The lowest BCUT2D eigenvalue weighted by atomic mass is 9.99. The molecule has 0 bridgehead atoms. The van der Waals surface area contributed by atoms with E-state index in [0.29, 0.717) is 12.1 Å². The Morgan fingerprint density at radius 1 is 1.25 bits per heavy atom. The first kappa shape index (κ1) is 14.1. The highest BCUT2D eigenvalue weighted by Crippen LogP contribution is 2.34. The predicted molar refractivity (Wildman–Crippen MR) is 83.8 cm³/mol. The number of likely N-dealkylation sites (tertiary alicyclic amines) is 1. The third kappa shape index (κ3) is 2.50. The molecule has 20 heavy (non-hydrogen) atoms. The van der Waals surface area contributed by atoms with E-state index in [9.17, 15) is 0 Å². The number of likely N-dealkylation sites (N-methyl/N-ethyl adjacent to an activating group) is 1. The number of benzene rings is 1. The molecule has 1 aromatic rings. The van der Waals surface area contributed by atoms with Crippen molar-refractivity contribution in [3.05, 3.63) is 35.4 Å². The van der Waals surface area contributed by atoms with Crippen LogP contribution in [-0.4, -0.2) is 48.6 Å². The Balaban J connectivity index is 1.66. The highest BCUT2D eigenvalue weighted by atomic mass is 15.2. The van der Waals surface area contributed by atoms with Gasteiger partial charge in [-0.2, -0.15) is 0 Å².